The summed E-state index contributed by atoms with van der Waals surface area (Å²) in [7, 11) is 0. The summed E-state index contributed by atoms with van der Waals surface area (Å²) in [5.41, 5.74) is 9.91. The van der Waals surface area contributed by atoms with Gasteiger partial charge in [0.15, 0.2) is 0 Å². The Hall–Kier alpha value is -2.62. The molecule has 100 valence electrons. The minimum atomic E-state index is -0.447. The minimum absolute atomic E-state index is 0.122. The van der Waals surface area contributed by atoms with E-state index in [1.54, 1.807) is 6.92 Å². The molecule has 1 aliphatic heterocycles. The zero-order valence-electron chi connectivity index (χ0n) is 11.1. The number of amides is 1. The molecular weight excluding hydrogens is 250 g/mol. The molecule has 3 N–H and O–H groups in total. The quantitative estimate of drug-likeness (QED) is 0.778. The van der Waals surface area contributed by atoms with E-state index in [0.717, 1.165) is 16.8 Å². The van der Waals surface area contributed by atoms with Gasteiger partial charge in [0.1, 0.15) is 6.04 Å². The van der Waals surface area contributed by atoms with Crippen LogP contribution in [0.3, 0.4) is 0 Å². The summed E-state index contributed by atoms with van der Waals surface area (Å²) >= 11 is 0. The lowest BCUT2D eigenvalue weighted by Gasteiger charge is -2.12. The third-order valence-electron chi connectivity index (χ3n) is 3.34. The Kier molecular flexibility index (Phi) is 2.99. The van der Waals surface area contributed by atoms with Gasteiger partial charge in [-0.2, -0.15) is 0 Å². The van der Waals surface area contributed by atoms with Gasteiger partial charge >= 0.3 is 0 Å². The fourth-order valence-electron chi connectivity index (χ4n) is 2.31. The lowest BCUT2D eigenvalue weighted by atomic mass is 9.99. The Morgan fingerprint density at radius 3 is 2.60 bits per heavy atom. The molecule has 1 atom stereocenters. The number of benzene rings is 2. The van der Waals surface area contributed by atoms with E-state index >= 15 is 0 Å². The van der Waals surface area contributed by atoms with Gasteiger partial charge < -0.3 is 11.1 Å². The predicted molar refractivity (Wildman–Crippen MR) is 81.0 cm³/mol. The molecule has 0 bridgehead atoms. The Labute approximate surface area is 117 Å². The number of nitrogen functional groups attached to an aromatic ring is 1. The van der Waals surface area contributed by atoms with Crippen LogP contribution in [0.25, 0.3) is 0 Å². The summed E-state index contributed by atoms with van der Waals surface area (Å²) < 4.78 is 0. The number of fused-ring (bicyclic) bond motifs is 1. The second-order valence-electron chi connectivity index (χ2n) is 4.78. The Morgan fingerprint density at radius 2 is 1.85 bits per heavy atom. The van der Waals surface area contributed by atoms with Crippen molar-refractivity contribution in [3.8, 4) is 0 Å². The highest BCUT2D eigenvalue weighted by Gasteiger charge is 2.23. The van der Waals surface area contributed by atoms with Crippen molar-refractivity contribution in [2.45, 2.75) is 13.0 Å². The van der Waals surface area contributed by atoms with Gasteiger partial charge in [-0.3, -0.25) is 9.79 Å². The fourth-order valence-corrected chi connectivity index (χ4v) is 2.31. The molecule has 1 aliphatic rings. The molecule has 1 heterocycles. The van der Waals surface area contributed by atoms with Crippen LogP contribution in [0.15, 0.2) is 53.5 Å². The van der Waals surface area contributed by atoms with E-state index in [2.05, 4.69) is 10.3 Å². The molecule has 20 heavy (non-hydrogen) atoms. The highest BCUT2D eigenvalue weighted by molar-refractivity contribution is 6.22. The SMILES string of the molecule is CC1N=C(c2ccccc2)c2c(N)cccc2NC1=O. The van der Waals surface area contributed by atoms with Crippen LogP contribution in [0.4, 0.5) is 11.4 Å². The van der Waals surface area contributed by atoms with Crippen molar-refractivity contribution in [3.63, 3.8) is 0 Å². The van der Waals surface area contributed by atoms with Crippen molar-refractivity contribution < 1.29 is 4.79 Å². The zero-order valence-corrected chi connectivity index (χ0v) is 11.1. The molecule has 2 aromatic rings. The van der Waals surface area contributed by atoms with Crippen LogP contribution in [0, 0.1) is 0 Å². The summed E-state index contributed by atoms with van der Waals surface area (Å²) in [6, 6.07) is 14.8. The third kappa shape index (κ3) is 2.05. The first-order valence-electron chi connectivity index (χ1n) is 6.50. The smallest absolute Gasteiger partial charge is 0.248 e. The van der Waals surface area contributed by atoms with Gasteiger partial charge in [0.2, 0.25) is 5.91 Å². The number of nitrogens with one attached hydrogen (secondary N) is 1. The molecule has 2 aromatic carbocycles. The van der Waals surface area contributed by atoms with Crippen LogP contribution in [0.5, 0.6) is 0 Å². The summed E-state index contributed by atoms with van der Waals surface area (Å²) in [6.45, 7) is 1.78. The number of nitrogens with zero attached hydrogens (tertiary/aromatic N) is 1. The van der Waals surface area contributed by atoms with Crippen LogP contribution >= 0.6 is 0 Å². The number of rotatable bonds is 1. The number of nitrogens with two attached hydrogens (primary N) is 1. The second-order valence-corrected chi connectivity index (χ2v) is 4.78. The summed E-state index contributed by atoms with van der Waals surface area (Å²) in [5.74, 6) is -0.122. The summed E-state index contributed by atoms with van der Waals surface area (Å²) in [5, 5.41) is 2.88. The normalized spacial score (nSPS) is 17.8. The number of benzodiazepines with no additional fused rings is 1. The lowest BCUT2D eigenvalue weighted by Crippen LogP contribution is -2.22. The molecule has 4 heteroatoms. The van der Waals surface area contributed by atoms with Gasteiger partial charge in [-0.25, -0.2) is 0 Å². The minimum Gasteiger partial charge on any atom is -0.398 e. The molecule has 3 rings (SSSR count). The van der Waals surface area contributed by atoms with Crippen LogP contribution in [-0.4, -0.2) is 17.7 Å². The molecule has 0 spiro atoms. The standard InChI is InChI=1S/C16H15N3O/c1-10-16(20)19-13-9-5-8-12(17)14(13)15(18-10)11-6-3-2-4-7-11/h2-10H,17H2,1H3,(H,19,20). The van der Waals surface area contributed by atoms with Gasteiger partial charge in [-0.1, -0.05) is 36.4 Å². The number of hydrogen-bond donors (Lipinski definition) is 2. The molecule has 4 nitrogen and oxygen atoms in total. The van der Waals surface area contributed by atoms with Gasteiger partial charge in [0.05, 0.1) is 11.4 Å². The topological polar surface area (TPSA) is 67.5 Å². The highest BCUT2D eigenvalue weighted by Crippen LogP contribution is 2.28. The average Bonchev–Trinajstić information content (AvgIpc) is 2.58. The monoisotopic (exact) mass is 265 g/mol. The number of carbonyl (C=O) groups excluding carboxylic acids is 1. The van der Waals surface area contributed by atoms with E-state index in [0.29, 0.717) is 11.4 Å². The lowest BCUT2D eigenvalue weighted by molar-refractivity contribution is -0.116. The van der Waals surface area contributed by atoms with Crippen molar-refractivity contribution in [2.24, 2.45) is 4.99 Å². The maximum Gasteiger partial charge on any atom is 0.248 e. The number of aliphatic imine (C=N–C) groups is 1. The maximum atomic E-state index is 12.0. The van der Waals surface area contributed by atoms with Gasteiger partial charge in [-0.05, 0) is 19.1 Å². The van der Waals surface area contributed by atoms with Crippen molar-refractivity contribution in [3.05, 3.63) is 59.7 Å². The number of carbonyl (C=O) groups is 1. The van der Waals surface area contributed by atoms with Crippen molar-refractivity contribution in [1.82, 2.24) is 0 Å². The first-order chi connectivity index (χ1) is 9.66. The summed E-state index contributed by atoms with van der Waals surface area (Å²) in [4.78, 5) is 16.6. The Morgan fingerprint density at radius 1 is 1.10 bits per heavy atom. The largest absolute Gasteiger partial charge is 0.398 e. The van der Waals surface area contributed by atoms with E-state index in [1.807, 2.05) is 48.5 Å². The molecule has 0 fully saturated rings. The Balaban J connectivity index is 2.27. The summed E-state index contributed by atoms with van der Waals surface area (Å²) in [6.07, 6.45) is 0. The van der Waals surface area contributed by atoms with E-state index in [9.17, 15) is 4.79 Å². The zero-order chi connectivity index (χ0) is 14.1. The van der Waals surface area contributed by atoms with Crippen LogP contribution < -0.4 is 11.1 Å². The molecule has 0 aromatic heterocycles. The fraction of sp³-hybridized carbons (Fsp3) is 0.125. The third-order valence-corrected chi connectivity index (χ3v) is 3.34. The van der Waals surface area contributed by atoms with Gasteiger partial charge in [0.25, 0.3) is 0 Å². The molecule has 1 unspecified atom stereocenters. The first kappa shape index (κ1) is 12.4. The number of hydrogen-bond acceptors (Lipinski definition) is 3. The molecule has 1 amide bonds. The van der Waals surface area contributed by atoms with Crippen molar-refractivity contribution in [1.29, 1.82) is 0 Å². The van der Waals surface area contributed by atoms with Crippen LogP contribution in [0.2, 0.25) is 0 Å². The van der Waals surface area contributed by atoms with E-state index in [4.69, 9.17) is 5.73 Å². The van der Waals surface area contributed by atoms with Gasteiger partial charge in [-0.15, -0.1) is 0 Å². The van der Waals surface area contributed by atoms with Crippen molar-refractivity contribution in [2.75, 3.05) is 11.1 Å². The van der Waals surface area contributed by atoms with Crippen LogP contribution in [0.1, 0.15) is 18.1 Å². The molecule has 0 saturated heterocycles. The highest BCUT2D eigenvalue weighted by atomic mass is 16.2. The van der Waals surface area contributed by atoms with E-state index in [-0.39, 0.29) is 5.91 Å². The molecule has 0 radical (unpaired) electrons. The van der Waals surface area contributed by atoms with Crippen LogP contribution in [-0.2, 0) is 4.79 Å². The molecule has 0 aliphatic carbocycles. The van der Waals surface area contributed by atoms with E-state index < -0.39 is 6.04 Å². The first-order valence-corrected chi connectivity index (χ1v) is 6.50. The molecular formula is C16H15N3O. The van der Waals surface area contributed by atoms with Crippen molar-refractivity contribution >= 4 is 23.0 Å². The maximum absolute atomic E-state index is 12.0. The second kappa shape index (κ2) is 4.81. The average molecular weight is 265 g/mol. The van der Waals surface area contributed by atoms with E-state index in [1.165, 1.54) is 0 Å². The Bertz CT molecular complexity index is 692. The van der Waals surface area contributed by atoms with Gasteiger partial charge in [0, 0.05) is 16.8 Å². The predicted octanol–water partition coefficient (Wildman–Crippen LogP) is 2.45. The molecule has 0 saturated carbocycles. The number of anilines is 2.